The number of amides is 3. The number of benzene rings is 1. The van der Waals surface area contributed by atoms with E-state index in [1.54, 1.807) is 24.1 Å². The first-order valence-electron chi connectivity index (χ1n) is 9.63. The summed E-state index contributed by atoms with van der Waals surface area (Å²) in [5, 5.41) is 5.79. The lowest BCUT2D eigenvalue weighted by molar-refractivity contribution is -0.127. The maximum Gasteiger partial charge on any atom is 0.317 e. The number of nitrogens with one attached hydrogen (secondary N) is 2. The van der Waals surface area contributed by atoms with E-state index in [2.05, 4.69) is 17.6 Å². The zero-order valence-corrected chi connectivity index (χ0v) is 16.2. The second kappa shape index (κ2) is 10.9. The van der Waals surface area contributed by atoms with Gasteiger partial charge in [-0.1, -0.05) is 25.5 Å². The number of hydrogen-bond donors (Lipinski definition) is 2. The minimum atomic E-state index is -0.302. The average molecular weight is 379 g/mol. The Labute approximate surface area is 160 Å². The third-order valence-electron chi connectivity index (χ3n) is 4.88. The first kappa shape index (κ1) is 21.2. The maximum absolute atomic E-state index is 13.3. The van der Waals surface area contributed by atoms with Gasteiger partial charge in [-0.2, -0.15) is 0 Å². The maximum atomic E-state index is 13.3. The van der Waals surface area contributed by atoms with E-state index < -0.39 is 0 Å². The normalized spacial score (nSPS) is 19.6. The Bertz CT molecular complexity index is 609. The van der Waals surface area contributed by atoms with E-state index in [1.807, 2.05) is 0 Å². The zero-order chi connectivity index (χ0) is 19.6. The van der Waals surface area contributed by atoms with Crippen LogP contribution in [-0.2, 0) is 9.53 Å². The van der Waals surface area contributed by atoms with E-state index in [-0.39, 0.29) is 29.7 Å². The quantitative estimate of drug-likeness (QED) is 0.683. The Kier molecular flexibility index (Phi) is 8.51. The molecule has 6 nitrogen and oxygen atoms in total. The van der Waals surface area contributed by atoms with Gasteiger partial charge in [0.2, 0.25) is 5.91 Å². The molecule has 2 atom stereocenters. The molecule has 2 rings (SSSR count). The van der Waals surface area contributed by atoms with Crippen LogP contribution in [0.25, 0.3) is 0 Å². The standard InChI is InChI=1S/C20H30FN3O3/c1-3-4-11-23-20(26)24-14-16(19(25)22-12-13-27-2)7-10-18(24)15-5-8-17(21)9-6-15/h5-6,8-9,16,18H,3-4,7,10-14H2,1-2H3,(H,22,25)(H,23,26)/t16-,18-/m1/s1. The second-order valence-electron chi connectivity index (χ2n) is 6.86. The molecule has 3 amide bonds. The van der Waals surface area contributed by atoms with Crippen LogP contribution in [0.1, 0.15) is 44.2 Å². The van der Waals surface area contributed by atoms with Crippen molar-refractivity contribution in [2.24, 2.45) is 5.92 Å². The van der Waals surface area contributed by atoms with Gasteiger partial charge in [-0.15, -0.1) is 0 Å². The number of piperidine rings is 1. The highest BCUT2D eigenvalue weighted by atomic mass is 19.1. The van der Waals surface area contributed by atoms with Gasteiger partial charge in [0.05, 0.1) is 18.6 Å². The van der Waals surface area contributed by atoms with E-state index in [9.17, 15) is 14.0 Å². The summed E-state index contributed by atoms with van der Waals surface area (Å²) in [6.07, 6.45) is 3.24. The number of unbranched alkanes of at least 4 members (excludes halogenated alkanes) is 1. The van der Waals surface area contributed by atoms with Crippen LogP contribution >= 0.6 is 0 Å². The van der Waals surface area contributed by atoms with Gasteiger partial charge in [-0.25, -0.2) is 9.18 Å². The van der Waals surface area contributed by atoms with Gasteiger partial charge in [0, 0.05) is 26.7 Å². The number of rotatable bonds is 8. The molecule has 0 unspecified atom stereocenters. The van der Waals surface area contributed by atoms with Crippen LogP contribution in [0.15, 0.2) is 24.3 Å². The first-order valence-corrected chi connectivity index (χ1v) is 9.63. The molecule has 1 heterocycles. The fourth-order valence-electron chi connectivity index (χ4n) is 3.34. The molecule has 0 bridgehead atoms. The van der Waals surface area contributed by atoms with Gasteiger partial charge in [-0.05, 0) is 37.0 Å². The molecular weight excluding hydrogens is 349 g/mol. The van der Waals surface area contributed by atoms with Gasteiger partial charge in [0.15, 0.2) is 0 Å². The molecule has 7 heteroatoms. The highest BCUT2D eigenvalue weighted by Crippen LogP contribution is 2.33. The largest absolute Gasteiger partial charge is 0.383 e. The fraction of sp³-hybridized carbons (Fsp3) is 0.600. The topological polar surface area (TPSA) is 70.7 Å². The number of hydrogen-bond acceptors (Lipinski definition) is 3. The monoisotopic (exact) mass is 379 g/mol. The van der Waals surface area contributed by atoms with Gasteiger partial charge in [0.1, 0.15) is 5.82 Å². The number of nitrogens with zero attached hydrogens (tertiary/aromatic N) is 1. The van der Waals surface area contributed by atoms with Crippen LogP contribution < -0.4 is 10.6 Å². The average Bonchev–Trinajstić information content (AvgIpc) is 2.68. The molecule has 0 radical (unpaired) electrons. The van der Waals surface area contributed by atoms with Crippen LogP contribution in [0.4, 0.5) is 9.18 Å². The number of urea groups is 1. The van der Waals surface area contributed by atoms with Crippen LogP contribution in [0.5, 0.6) is 0 Å². The van der Waals surface area contributed by atoms with Crippen LogP contribution in [0.2, 0.25) is 0 Å². The van der Waals surface area contributed by atoms with Crippen molar-refractivity contribution in [3.05, 3.63) is 35.6 Å². The summed E-state index contributed by atoms with van der Waals surface area (Å²) in [7, 11) is 1.59. The van der Waals surface area contributed by atoms with E-state index in [0.717, 1.165) is 18.4 Å². The second-order valence-corrected chi connectivity index (χ2v) is 6.86. The lowest BCUT2D eigenvalue weighted by Crippen LogP contribution is -2.50. The molecule has 0 aromatic heterocycles. The molecule has 1 fully saturated rings. The predicted octanol–water partition coefficient (Wildman–Crippen LogP) is 2.85. The Morgan fingerprint density at radius 2 is 1.93 bits per heavy atom. The molecule has 0 saturated carbocycles. The fourth-order valence-corrected chi connectivity index (χ4v) is 3.34. The molecule has 27 heavy (non-hydrogen) atoms. The molecule has 0 spiro atoms. The first-order chi connectivity index (χ1) is 13.1. The molecule has 1 aliphatic rings. The molecular formula is C20H30FN3O3. The van der Waals surface area contributed by atoms with Gasteiger partial charge >= 0.3 is 6.03 Å². The number of halogens is 1. The minimum absolute atomic E-state index is 0.0593. The molecule has 1 aliphatic heterocycles. The predicted molar refractivity (Wildman–Crippen MR) is 102 cm³/mol. The molecule has 1 saturated heterocycles. The number of carbonyl (C=O) groups is 2. The van der Waals surface area contributed by atoms with Crippen molar-refractivity contribution in [3.63, 3.8) is 0 Å². The summed E-state index contributed by atoms with van der Waals surface area (Å²) >= 11 is 0. The zero-order valence-electron chi connectivity index (χ0n) is 16.2. The van der Waals surface area contributed by atoms with Crippen molar-refractivity contribution in [2.75, 3.05) is 33.4 Å². The van der Waals surface area contributed by atoms with Crippen LogP contribution in [0.3, 0.4) is 0 Å². The molecule has 2 N–H and O–H groups in total. The van der Waals surface area contributed by atoms with Gasteiger partial charge in [-0.3, -0.25) is 4.79 Å². The lowest BCUT2D eigenvalue weighted by Gasteiger charge is -2.39. The Morgan fingerprint density at radius 3 is 2.59 bits per heavy atom. The van der Waals surface area contributed by atoms with Gasteiger partial charge in [0.25, 0.3) is 0 Å². The third kappa shape index (κ3) is 6.20. The Balaban J connectivity index is 2.08. The summed E-state index contributed by atoms with van der Waals surface area (Å²) in [6, 6.07) is 5.91. The lowest BCUT2D eigenvalue weighted by atomic mass is 9.88. The summed E-state index contributed by atoms with van der Waals surface area (Å²) in [4.78, 5) is 26.9. The number of ether oxygens (including phenoxy) is 1. The number of carbonyl (C=O) groups excluding carboxylic acids is 2. The third-order valence-corrected chi connectivity index (χ3v) is 4.88. The molecule has 1 aromatic carbocycles. The van der Waals surface area contributed by atoms with Crippen molar-refractivity contribution in [2.45, 2.75) is 38.6 Å². The van der Waals surface area contributed by atoms with E-state index in [1.165, 1.54) is 12.1 Å². The molecule has 150 valence electrons. The summed E-state index contributed by atoms with van der Waals surface area (Å²) in [6.45, 7) is 3.92. The van der Waals surface area contributed by atoms with Crippen LogP contribution in [0, 0.1) is 11.7 Å². The van der Waals surface area contributed by atoms with Gasteiger partial charge < -0.3 is 20.3 Å². The SMILES string of the molecule is CCCCNC(=O)N1C[C@H](C(=O)NCCOC)CC[C@@H]1c1ccc(F)cc1. The van der Waals surface area contributed by atoms with Crippen molar-refractivity contribution in [1.29, 1.82) is 0 Å². The highest BCUT2D eigenvalue weighted by Gasteiger charge is 2.35. The van der Waals surface area contributed by atoms with E-state index in [4.69, 9.17) is 4.74 Å². The number of likely N-dealkylation sites (tertiary alicyclic amines) is 1. The smallest absolute Gasteiger partial charge is 0.317 e. The summed E-state index contributed by atoms with van der Waals surface area (Å²) in [5.41, 5.74) is 0.889. The highest BCUT2D eigenvalue weighted by molar-refractivity contribution is 5.81. The van der Waals surface area contributed by atoms with E-state index >= 15 is 0 Å². The van der Waals surface area contributed by atoms with Crippen molar-refractivity contribution in [1.82, 2.24) is 15.5 Å². The molecule has 0 aliphatic carbocycles. The Hall–Kier alpha value is -2.15. The van der Waals surface area contributed by atoms with E-state index in [0.29, 0.717) is 39.1 Å². The Morgan fingerprint density at radius 1 is 1.19 bits per heavy atom. The van der Waals surface area contributed by atoms with Crippen LogP contribution in [-0.4, -0.2) is 50.2 Å². The number of methoxy groups -OCH3 is 1. The molecule has 1 aromatic rings. The minimum Gasteiger partial charge on any atom is -0.383 e. The summed E-state index contributed by atoms with van der Waals surface area (Å²) < 4.78 is 18.2. The van der Waals surface area contributed by atoms with Crippen molar-refractivity contribution < 1.29 is 18.7 Å². The van der Waals surface area contributed by atoms with Crippen molar-refractivity contribution in [3.8, 4) is 0 Å². The van der Waals surface area contributed by atoms with Crippen molar-refractivity contribution >= 4 is 11.9 Å². The summed E-state index contributed by atoms with van der Waals surface area (Å²) in [5.74, 6) is -0.615.